The Balaban J connectivity index is 2.01. The molecule has 0 saturated carbocycles. The Bertz CT molecular complexity index is 896. The fraction of sp³-hybridized carbons (Fsp3) is 0.278. The fourth-order valence-corrected chi connectivity index (χ4v) is 4.77. The quantitative estimate of drug-likeness (QED) is 0.590. The molecule has 1 fully saturated rings. The van der Waals surface area contributed by atoms with Gasteiger partial charge in [-0.05, 0) is 37.6 Å². The largest absolute Gasteiger partial charge is 0.465 e. The van der Waals surface area contributed by atoms with Crippen LogP contribution in [-0.2, 0) is 19.6 Å². The van der Waals surface area contributed by atoms with Gasteiger partial charge >= 0.3 is 5.97 Å². The lowest BCUT2D eigenvalue weighted by Gasteiger charge is -2.08. The van der Waals surface area contributed by atoms with Gasteiger partial charge in [-0.3, -0.25) is 4.79 Å². The molecule has 0 radical (unpaired) electrons. The number of sulfonamides is 1. The van der Waals surface area contributed by atoms with E-state index in [0.717, 1.165) is 9.87 Å². The zero-order chi connectivity index (χ0) is 18.2. The van der Waals surface area contributed by atoms with Crippen LogP contribution in [0, 0.1) is 6.92 Å². The molecule has 1 saturated heterocycles. The first-order chi connectivity index (χ1) is 11.9. The highest BCUT2D eigenvalue weighted by Crippen LogP contribution is 2.50. The number of esters is 1. The van der Waals surface area contributed by atoms with Crippen LogP contribution >= 0.6 is 11.6 Å². The van der Waals surface area contributed by atoms with Crippen molar-refractivity contribution in [3.8, 4) is 0 Å². The maximum atomic E-state index is 13.0. The highest BCUT2D eigenvalue weighted by molar-refractivity contribution is 7.89. The zero-order valence-electron chi connectivity index (χ0n) is 13.8. The number of halogens is 1. The van der Waals surface area contributed by atoms with E-state index in [9.17, 15) is 13.2 Å². The first kappa shape index (κ1) is 17.9. The minimum atomic E-state index is -3.84. The van der Waals surface area contributed by atoms with Crippen molar-refractivity contribution >= 4 is 27.6 Å². The van der Waals surface area contributed by atoms with E-state index in [1.807, 2.05) is 6.92 Å². The molecule has 1 aliphatic rings. The summed E-state index contributed by atoms with van der Waals surface area (Å²) in [6.07, 6.45) is 0. The summed E-state index contributed by atoms with van der Waals surface area (Å²) in [5, 5.41) is 0.420. The third kappa shape index (κ3) is 3.29. The smallest absolute Gasteiger partial charge is 0.326 e. The van der Waals surface area contributed by atoms with Crippen molar-refractivity contribution in [2.24, 2.45) is 0 Å². The van der Waals surface area contributed by atoms with Crippen molar-refractivity contribution in [2.45, 2.75) is 30.8 Å². The monoisotopic (exact) mass is 379 g/mol. The molecule has 3 rings (SSSR count). The number of carbonyl (C=O) groups excluding carboxylic acids is 1. The van der Waals surface area contributed by atoms with E-state index in [0.29, 0.717) is 10.6 Å². The van der Waals surface area contributed by atoms with Crippen molar-refractivity contribution < 1.29 is 17.9 Å². The van der Waals surface area contributed by atoms with Crippen LogP contribution in [0.15, 0.2) is 53.4 Å². The number of benzene rings is 2. The van der Waals surface area contributed by atoms with Crippen molar-refractivity contribution in [2.75, 3.05) is 6.61 Å². The summed E-state index contributed by atoms with van der Waals surface area (Å²) in [7, 11) is -3.84. The Morgan fingerprint density at radius 3 is 2.40 bits per heavy atom. The molecule has 0 aliphatic carbocycles. The molecular weight excluding hydrogens is 362 g/mol. The Morgan fingerprint density at radius 2 is 1.80 bits per heavy atom. The van der Waals surface area contributed by atoms with E-state index < -0.39 is 28.1 Å². The molecule has 7 heteroatoms. The first-order valence-electron chi connectivity index (χ1n) is 7.89. The van der Waals surface area contributed by atoms with Crippen LogP contribution in [0.3, 0.4) is 0 Å². The topological polar surface area (TPSA) is 63.5 Å². The lowest BCUT2D eigenvalue weighted by Crippen LogP contribution is -2.21. The van der Waals surface area contributed by atoms with Gasteiger partial charge in [0.05, 0.1) is 17.5 Å². The Labute approximate surface area is 152 Å². The lowest BCUT2D eigenvalue weighted by molar-refractivity contribution is -0.143. The van der Waals surface area contributed by atoms with E-state index in [-0.39, 0.29) is 11.5 Å². The molecule has 25 heavy (non-hydrogen) atoms. The summed E-state index contributed by atoms with van der Waals surface area (Å²) in [6.45, 7) is 3.74. The third-order valence-electron chi connectivity index (χ3n) is 4.11. The highest BCUT2D eigenvalue weighted by atomic mass is 35.5. The summed E-state index contributed by atoms with van der Waals surface area (Å²) in [5.74, 6) is -0.567. The molecule has 2 aromatic carbocycles. The van der Waals surface area contributed by atoms with E-state index in [4.69, 9.17) is 16.3 Å². The minimum Gasteiger partial charge on any atom is -0.465 e. The molecule has 0 bridgehead atoms. The first-order valence-corrected chi connectivity index (χ1v) is 9.71. The predicted octanol–water partition coefficient (Wildman–Crippen LogP) is 3.33. The molecule has 3 unspecified atom stereocenters. The van der Waals surface area contributed by atoms with E-state index in [1.54, 1.807) is 43.3 Å². The van der Waals surface area contributed by atoms with Crippen LogP contribution in [0.5, 0.6) is 0 Å². The highest BCUT2D eigenvalue weighted by Gasteiger charge is 2.61. The number of hydrogen-bond acceptors (Lipinski definition) is 4. The molecule has 0 aromatic heterocycles. The molecule has 1 heterocycles. The molecule has 3 atom stereocenters. The van der Waals surface area contributed by atoms with Crippen molar-refractivity contribution in [3.05, 3.63) is 64.7 Å². The molecule has 5 nitrogen and oxygen atoms in total. The Kier molecular flexibility index (Phi) is 4.86. The van der Waals surface area contributed by atoms with Crippen LogP contribution in [0.2, 0.25) is 5.02 Å². The number of ether oxygens (including phenoxy) is 1. The number of carbonyl (C=O) groups is 1. The second-order valence-corrected chi connectivity index (χ2v) is 8.06. The van der Waals surface area contributed by atoms with Gasteiger partial charge in [0.15, 0.2) is 0 Å². The second-order valence-electron chi connectivity index (χ2n) is 5.81. The van der Waals surface area contributed by atoms with E-state index >= 15 is 0 Å². The molecule has 0 amide bonds. The van der Waals surface area contributed by atoms with Gasteiger partial charge in [0.1, 0.15) is 6.04 Å². The van der Waals surface area contributed by atoms with Crippen LogP contribution in [-0.4, -0.2) is 31.3 Å². The summed E-state index contributed by atoms with van der Waals surface area (Å²) in [4.78, 5) is 12.4. The van der Waals surface area contributed by atoms with Crippen LogP contribution in [0.1, 0.15) is 24.1 Å². The maximum Gasteiger partial charge on any atom is 0.326 e. The molecular formula is C18H18ClNO4S. The van der Waals surface area contributed by atoms with Gasteiger partial charge in [-0.1, -0.05) is 47.5 Å². The average molecular weight is 380 g/mol. The second kappa shape index (κ2) is 6.78. The Hall–Kier alpha value is -1.89. The predicted molar refractivity (Wildman–Crippen MR) is 94.8 cm³/mol. The minimum absolute atomic E-state index is 0.141. The normalized spacial score (nSPS) is 22.4. The van der Waals surface area contributed by atoms with Gasteiger partial charge in [-0.15, -0.1) is 0 Å². The maximum absolute atomic E-state index is 13.0. The Morgan fingerprint density at radius 1 is 1.16 bits per heavy atom. The molecule has 0 spiro atoms. The molecule has 1 aliphatic heterocycles. The van der Waals surface area contributed by atoms with Crippen LogP contribution in [0.25, 0.3) is 0 Å². The average Bonchev–Trinajstić information content (AvgIpc) is 3.32. The summed E-state index contributed by atoms with van der Waals surface area (Å²) in [6, 6.07) is 11.9. The van der Waals surface area contributed by atoms with Crippen LogP contribution in [0.4, 0.5) is 0 Å². The number of nitrogens with zero attached hydrogens (tertiary/aromatic N) is 1. The molecule has 0 N–H and O–H groups in total. The third-order valence-corrected chi connectivity index (χ3v) is 6.33. The number of hydrogen-bond donors (Lipinski definition) is 0. The molecule has 2 aromatic rings. The number of aryl methyl sites for hydroxylation is 1. The molecule has 132 valence electrons. The summed E-state index contributed by atoms with van der Waals surface area (Å²) in [5.41, 5.74) is 1.55. The zero-order valence-corrected chi connectivity index (χ0v) is 15.4. The van der Waals surface area contributed by atoms with Gasteiger partial charge < -0.3 is 4.74 Å². The summed E-state index contributed by atoms with van der Waals surface area (Å²) >= 11 is 6.21. The van der Waals surface area contributed by atoms with E-state index in [2.05, 4.69) is 0 Å². The van der Waals surface area contributed by atoms with Gasteiger partial charge in [-0.2, -0.15) is 4.31 Å². The van der Waals surface area contributed by atoms with Gasteiger partial charge in [0.25, 0.3) is 0 Å². The van der Waals surface area contributed by atoms with Gasteiger partial charge in [0.2, 0.25) is 10.0 Å². The lowest BCUT2D eigenvalue weighted by atomic mass is 10.1. The van der Waals surface area contributed by atoms with Gasteiger partial charge in [-0.25, -0.2) is 8.42 Å². The van der Waals surface area contributed by atoms with Crippen molar-refractivity contribution in [3.63, 3.8) is 0 Å². The van der Waals surface area contributed by atoms with Crippen molar-refractivity contribution in [1.29, 1.82) is 0 Å². The van der Waals surface area contributed by atoms with Gasteiger partial charge in [0, 0.05) is 5.02 Å². The SMILES string of the molecule is CCOC(=O)C1C(c2ccccc2Cl)N1S(=O)(=O)c1ccc(C)cc1. The van der Waals surface area contributed by atoms with Crippen molar-refractivity contribution in [1.82, 2.24) is 4.31 Å². The fourth-order valence-electron chi connectivity index (χ4n) is 2.82. The number of rotatable bonds is 5. The summed E-state index contributed by atoms with van der Waals surface area (Å²) < 4.78 is 32.2. The van der Waals surface area contributed by atoms with E-state index in [1.165, 1.54) is 12.1 Å². The van der Waals surface area contributed by atoms with Crippen LogP contribution < -0.4 is 0 Å². The standard InChI is InChI=1S/C18H18ClNO4S/c1-3-24-18(21)17-16(14-6-4-5-7-15(14)19)20(17)25(22,23)13-10-8-12(2)9-11-13/h4-11,16-17H,3H2,1-2H3.